The second-order valence-electron chi connectivity index (χ2n) is 1.42. The van der Waals surface area contributed by atoms with Crippen molar-refractivity contribution in [1.29, 1.82) is 0 Å². The number of aldehydes is 1. The number of nitrogen functional groups attached to an aromatic ring is 1. The summed E-state index contributed by atoms with van der Waals surface area (Å²) in [5.41, 5.74) is 5.31. The van der Waals surface area contributed by atoms with Gasteiger partial charge in [0.25, 0.3) is 0 Å². The SMILES string of the molecule is Nc1nc(P)sc1C=O. The molecule has 0 aliphatic heterocycles. The molecule has 0 radical (unpaired) electrons. The van der Waals surface area contributed by atoms with Crippen LogP contribution in [-0.4, -0.2) is 11.3 Å². The molecule has 1 rings (SSSR count). The van der Waals surface area contributed by atoms with E-state index >= 15 is 0 Å². The van der Waals surface area contributed by atoms with E-state index in [2.05, 4.69) is 14.2 Å². The van der Waals surface area contributed by atoms with E-state index in [4.69, 9.17) is 5.73 Å². The van der Waals surface area contributed by atoms with Gasteiger partial charge in [0, 0.05) is 0 Å². The second-order valence-corrected chi connectivity index (χ2v) is 3.45. The molecule has 1 aromatic heterocycles. The van der Waals surface area contributed by atoms with Gasteiger partial charge in [0.05, 0.1) is 0 Å². The molecule has 5 heteroatoms. The second kappa shape index (κ2) is 2.42. The first-order chi connectivity index (χ1) is 4.24. The van der Waals surface area contributed by atoms with Crippen LogP contribution in [0, 0.1) is 0 Å². The number of rotatable bonds is 1. The van der Waals surface area contributed by atoms with Crippen LogP contribution in [0.2, 0.25) is 0 Å². The Kier molecular flexibility index (Phi) is 1.78. The number of carbonyl (C=O) groups is 1. The van der Waals surface area contributed by atoms with Crippen LogP contribution in [0.3, 0.4) is 0 Å². The maximum atomic E-state index is 10.1. The Morgan fingerprint density at radius 1 is 1.78 bits per heavy atom. The zero-order chi connectivity index (χ0) is 6.85. The highest BCUT2D eigenvalue weighted by Crippen LogP contribution is 2.11. The standard InChI is InChI=1S/C4H5N2OPS/c5-3-2(1-7)9-4(8)6-3/h1H,5,8H2. The summed E-state index contributed by atoms with van der Waals surface area (Å²) in [5.74, 6) is 0.319. The first-order valence-electron chi connectivity index (χ1n) is 2.21. The molecule has 9 heavy (non-hydrogen) atoms. The third-order valence-electron chi connectivity index (χ3n) is 0.805. The van der Waals surface area contributed by atoms with Crippen LogP contribution in [0.5, 0.6) is 0 Å². The van der Waals surface area contributed by atoms with Crippen molar-refractivity contribution in [3.8, 4) is 0 Å². The molecule has 0 saturated carbocycles. The molecule has 0 fully saturated rings. The summed E-state index contributed by atoms with van der Waals surface area (Å²) in [7, 11) is 2.38. The van der Waals surface area contributed by atoms with Crippen LogP contribution in [0.4, 0.5) is 5.82 Å². The minimum Gasteiger partial charge on any atom is -0.382 e. The largest absolute Gasteiger partial charge is 0.382 e. The first-order valence-corrected chi connectivity index (χ1v) is 3.60. The topological polar surface area (TPSA) is 56.0 Å². The quantitative estimate of drug-likeness (QED) is 0.466. The summed E-state index contributed by atoms with van der Waals surface area (Å²) >= 11 is 1.27. The van der Waals surface area contributed by atoms with E-state index in [1.54, 1.807) is 0 Å². The van der Waals surface area contributed by atoms with Gasteiger partial charge in [-0.2, -0.15) is 0 Å². The molecule has 0 bridgehead atoms. The summed E-state index contributed by atoms with van der Waals surface area (Å²) in [6.07, 6.45) is 0.709. The highest BCUT2D eigenvalue weighted by atomic mass is 32.1. The summed E-state index contributed by atoms with van der Waals surface area (Å²) in [6.45, 7) is 0. The van der Waals surface area contributed by atoms with Crippen molar-refractivity contribution < 1.29 is 4.79 Å². The molecule has 1 heterocycles. The molecule has 2 N–H and O–H groups in total. The monoisotopic (exact) mass is 160 g/mol. The molecule has 0 aliphatic carbocycles. The van der Waals surface area contributed by atoms with E-state index in [1.807, 2.05) is 0 Å². The Morgan fingerprint density at radius 3 is 2.67 bits per heavy atom. The van der Waals surface area contributed by atoms with Crippen LogP contribution < -0.4 is 10.5 Å². The van der Waals surface area contributed by atoms with Crippen LogP contribution in [0.25, 0.3) is 0 Å². The molecule has 1 unspecified atom stereocenters. The van der Waals surface area contributed by atoms with Crippen molar-refractivity contribution >= 4 is 37.4 Å². The van der Waals surface area contributed by atoms with Gasteiger partial charge in [0.15, 0.2) is 6.29 Å². The van der Waals surface area contributed by atoms with E-state index in [0.29, 0.717) is 17.0 Å². The van der Waals surface area contributed by atoms with Gasteiger partial charge in [-0.15, -0.1) is 11.3 Å². The molecule has 0 saturated heterocycles. The predicted octanol–water partition coefficient (Wildman–Crippen LogP) is 0.0382. The fourth-order valence-corrected chi connectivity index (χ4v) is 1.53. The van der Waals surface area contributed by atoms with Gasteiger partial charge in [0.1, 0.15) is 15.4 Å². The molecular formula is C4H5N2OPS. The predicted molar refractivity (Wildman–Crippen MR) is 41.3 cm³/mol. The van der Waals surface area contributed by atoms with Crippen molar-refractivity contribution in [3.05, 3.63) is 4.88 Å². The Labute approximate surface area is 58.5 Å². The number of carbonyl (C=O) groups excluding carboxylic acids is 1. The Morgan fingerprint density at radius 2 is 2.44 bits per heavy atom. The fraction of sp³-hybridized carbons (Fsp3) is 0. The van der Waals surface area contributed by atoms with E-state index in [0.717, 1.165) is 4.75 Å². The average Bonchev–Trinajstić information content (AvgIpc) is 2.10. The van der Waals surface area contributed by atoms with Crippen molar-refractivity contribution in [2.24, 2.45) is 0 Å². The Hall–Kier alpha value is -0.470. The normalized spacial score (nSPS) is 9.44. The van der Waals surface area contributed by atoms with E-state index in [9.17, 15) is 4.79 Å². The molecule has 0 aliphatic rings. The Bertz CT molecular complexity index is 234. The van der Waals surface area contributed by atoms with Crippen LogP contribution in [0.1, 0.15) is 9.67 Å². The maximum absolute atomic E-state index is 10.1. The molecule has 3 nitrogen and oxygen atoms in total. The lowest BCUT2D eigenvalue weighted by atomic mass is 10.6. The van der Waals surface area contributed by atoms with Crippen molar-refractivity contribution in [3.63, 3.8) is 0 Å². The Balaban J connectivity index is 3.15. The number of hydrogen-bond donors (Lipinski definition) is 1. The molecular weight excluding hydrogens is 155 g/mol. The van der Waals surface area contributed by atoms with Crippen LogP contribution in [0.15, 0.2) is 0 Å². The zero-order valence-corrected chi connectivity index (χ0v) is 6.47. The van der Waals surface area contributed by atoms with Gasteiger partial charge >= 0.3 is 0 Å². The van der Waals surface area contributed by atoms with Gasteiger partial charge in [0.2, 0.25) is 0 Å². The smallest absolute Gasteiger partial charge is 0.163 e. The molecule has 0 spiro atoms. The summed E-state index contributed by atoms with van der Waals surface area (Å²) < 4.78 is 0.745. The molecule has 48 valence electrons. The van der Waals surface area contributed by atoms with E-state index in [-0.39, 0.29) is 0 Å². The highest BCUT2D eigenvalue weighted by Gasteiger charge is 2.01. The molecule has 1 aromatic rings. The molecule has 1 atom stereocenters. The lowest BCUT2D eigenvalue weighted by molar-refractivity contribution is 0.112. The van der Waals surface area contributed by atoms with Gasteiger partial charge in [-0.3, -0.25) is 4.79 Å². The summed E-state index contributed by atoms with van der Waals surface area (Å²) in [4.78, 5) is 14.4. The number of anilines is 1. The number of nitrogens with two attached hydrogens (primary N) is 1. The minimum atomic E-state index is 0.319. The highest BCUT2D eigenvalue weighted by molar-refractivity contribution is 7.43. The maximum Gasteiger partial charge on any atom is 0.163 e. The molecule has 0 amide bonds. The van der Waals surface area contributed by atoms with Gasteiger partial charge in [-0.1, -0.05) is 9.24 Å². The lowest BCUT2D eigenvalue weighted by Gasteiger charge is -1.78. The summed E-state index contributed by atoms with van der Waals surface area (Å²) in [6, 6.07) is 0. The minimum absolute atomic E-state index is 0.319. The van der Waals surface area contributed by atoms with Crippen LogP contribution in [-0.2, 0) is 0 Å². The van der Waals surface area contributed by atoms with Crippen molar-refractivity contribution in [1.82, 2.24) is 4.98 Å². The zero-order valence-electron chi connectivity index (χ0n) is 4.50. The van der Waals surface area contributed by atoms with Gasteiger partial charge in [-0.25, -0.2) is 4.98 Å². The van der Waals surface area contributed by atoms with Gasteiger partial charge in [-0.05, 0) is 0 Å². The van der Waals surface area contributed by atoms with E-state index in [1.165, 1.54) is 11.3 Å². The molecule has 0 aromatic carbocycles. The number of hydrogen-bond acceptors (Lipinski definition) is 4. The number of thiazole rings is 1. The average molecular weight is 160 g/mol. The van der Waals surface area contributed by atoms with Crippen molar-refractivity contribution in [2.45, 2.75) is 0 Å². The van der Waals surface area contributed by atoms with Gasteiger partial charge < -0.3 is 5.73 Å². The fourth-order valence-electron chi connectivity index (χ4n) is 0.446. The number of aromatic nitrogens is 1. The third-order valence-corrected chi connectivity index (χ3v) is 2.11. The van der Waals surface area contributed by atoms with E-state index < -0.39 is 0 Å². The van der Waals surface area contributed by atoms with Crippen LogP contribution >= 0.6 is 20.6 Å². The number of nitrogens with zero attached hydrogens (tertiary/aromatic N) is 1. The first kappa shape index (κ1) is 6.65. The summed E-state index contributed by atoms with van der Waals surface area (Å²) in [5, 5.41) is 0. The lowest BCUT2D eigenvalue weighted by Crippen LogP contribution is -1.91. The van der Waals surface area contributed by atoms with Crippen molar-refractivity contribution in [2.75, 3.05) is 5.73 Å². The third kappa shape index (κ3) is 1.26.